The maximum atomic E-state index is 13.6. The fourth-order valence-corrected chi connectivity index (χ4v) is 5.22. The lowest BCUT2D eigenvalue weighted by molar-refractivity contribution is -0.143. The minimum absolute atomic E-state index is 0.0181. The molecular weight excluding hydrogens is 576 g/mol. The number of carbonyl (C=O) groups excluding carboxylic acids is 2. The van der Waals surface area contributed by atoms with E-state index in [9.17, 15) is 26.8 Å². The number of hydrogen-bond donors (Lipinski definition) is 2. The van der Waals surface area contributed by atoms with Gasteiger partial charge in [0.2, 0.25) is 5.91 Å². The Bertz CT molecular complexity index is 1650. The zero-order chi connectivity index (χ0) is 30.8. The van der Waals surface area contributed by atoms with E-state index in [0.29, 0.717) is 11.1 Å². The first-order valence-electron chi connectivity index (χ1n) is 13.1. The molecule has 0 aliphatic rings. The van der Waals surface area contributed by atoms with Crippen LogP contribution in [-0.4, -0.2) is 38.3 Å². The Morgan fingerprint density at radius 2 is 1.47 bits per heavy atom. The number of sulfonamides is 1. The van der Waals surface area contributed by atoms with Crippen LogP contribution < -0.4 is 14.8 Å². The largest absolute Gasteiger partial charge is 0.484 e. The molecule has 0 heterocycles. The lowest BCUT2D eigenvalue weighted by Crippen LogP contribution is -2.45. The van der Waals surface area contributed by atoms with Gasteiger partial charge in [-0.15, -0.1) is 6.58 Å². The van der Waals surface area contributed by atoms with E-state index >= 15 is 0 Å². The molecule has 0 saturated heterocycles. The average Bonchev–Trinajstić information content (AvgIpc) is 3.01. The smallest absolute Gasteiger partial charge is 0.261 e. The summed E-state index contributed by atoms with van der Waals surface area (Å²) in [6.45, 7) is 3.31. The molecular formula is C32H29F2N3O5S. The molecule has 0 bridgehead atoms. The molecule has 4 aromatic carbocycles. The maximum absolute atomic E-state index is 13.6. The van der Waals surface area contributed by atoms with Crippen LogP contribution in [0.3, 0.4) is 0 Å². The van der Waals surface area contributed by atoms with Crippen molar-refractivity contribution in [2.24, 2.45) is 0 Å². The first kappa shape index (κ1) is 30.9. The molecule has 4 aromatic rings. The van der Waals surface area contributed by atoms with Crippen molar-refractivity contribution in [2.75, 3.05) is 17.9 Å². The van der Waals surface area contributed by atoms with E-state index < -0.39 is 46.1 Å². The van der Waals surface area contributed by atoms with E-state index in [1.54, 1.807) is 30.3 Å². The van der Waals surface area contributed by atoms with Crippen LogP contribution in [0.4, 0.5) is 14.5 Å². The summed E-state index contributed by atoms with van der Waals surface area (Å²) in [4.78, 5) is 28.2. The van der Waals surface area contributed by atoms with Gasteiger partial charge in [0.15, 0.2) is 6.61 Å². The number of carbonyl (C=O) groups is 2. The fourth-order valence-electron chi connectivity index (χ4n) is 4.16. The summed E-state index contributed by atoms with van der Waals surface area (Å²) >= 11 is 0. The maximum Gasteiger partial charge on any atom is 0.261 e. The van der Waals surface area contributed by atoms with Gasteiger partial charge in [-0.1, -0.05) is 48.5 Å². The molecule has 0 saturated carbocycles. The van der Waals surface area contributed by atoms with Crippen molar-refractivity contribution in [3.63, 3.8) is 0 Å². The van der Waals surface area contributed by atoms with Gasteiger partial charge in [0.1, 0.15) is 23.4 Å². The minimum Gasteiger partial charge on any atom is -0.484 e. The Morgan fingerprint density at radius 3 is 2.07 bits per heavy atom. The number of ether oxygens (including phenoxy) is 1. The first-order valence-corrected chi connectivity index (χ1v) is 14.6. The fraction of sp³-hybridized carbons (Fsp3) is 0.125. The number of rotatable bonds is 13. The van der Waals surface area contributed by atoms with E-state index in [2.05, 4.69) is 16.6 Å². The monoisotopic (exact) mass is 605 g/mol. The van der Waals surface area contributed by atoms with Crippen LogP contribution in [0.1, 0.15) is 17.2 Å². The number of hydrogen-bond acceptors (Lipinski definition) is 5. The third-order valence-corrected chi connectivity index (χ3v) is 7.67. The molecule has 0 aromatic heterocycles. The second-order valence-corrected chi connectivity index (χ2v) is 11.1. The van der Waals surface area contributed by atoms with Gasteiger partial charge >= 0.3 is 0 Å². The van der Waals surface area contributed by atoms with Crippen molar-refractivity contribution in [3.8, 4) is 5.75 Å². The van der Waals surface area contributed by atoms with E-state index in [4.69, 9.17) is 4.74 Å². The van der Waals surface area contributed by atoms with Gasteiger partial charge in [-0.3, -0.25) is 14.3 Å². The Hall–Kier alpha value is -5.03. The molecule has 0 spiro atoms. The van der Waals surface area contributed by atoms with Crippen molar-refractivity contribution in [1.29, 1.82) is 0 Å². The van der Waals surface area contributed by atoms with Gasteiger partial charge in [-0.25, -0.2) is 17.2 Å². The Balaban J connectivity index is 1.53. The molecule has 4 rings (SSSR count). The van der Waals surface area contributed by atoms with Crippen molar-refractivity contribution >= 4 is 27.5 Å². The highest BCUT2D eigenvalue weighted by Crippen LogP contribution is 2.25. The van der Waals surface area contributed by atoms with Crippen molar-refractivity contribution in [3.05, 3.63) is 139 Å². The Morgan fingerprint density at radius 1 is 0.860 bits per heavy atom. The third-order valence-electron chi connectivity index (χ3n) is 6.28. The van der Waals surface area contributed by atoms with E-state index in [0.717, 1.165) is 12.1 Å². The van der Waals surface area contributed by atoms with Gasteiger partial charge in [0.05, 0.1) is 4.90 Å². The second kappa shape index (κ2) is 14.2. The number of nitrogens with zero attached hydrogens (tertiary/aromatic N) is 1. The molecule has 8 nitrogen and oxygen atoms in total. The number of anilines is 1. The lowest BCUT2D eigenvalue weighted by Gasteiger charge is -2.31. The molecule has 222 valence electrons. The lowest BCUT2D eigenvalue weighted by atomic mass is 10.0. The summed E-state index contributed by atoms with van der Waals surface area (Å²) in [5.41, 5.74) is 1.34. The highest BCUT2D eigenvalue weighted by molar-refractivity contribution is 7.92. The Labute approximate surface area is 248 Å². The minimum atomic E-state index is -3.97. The zero-order valence-electron chi connectivity index (χ0n) is 23.0. The number of nitrogens with one attached hydrogen (secondary N) is 2. The molecule has 1 unspecified atom stereocenters. The highest BCUT2D eigenvalue weighted by atomic mass is 32.2. The van der Waals surface area contributed by atoms with Gasteiger partial charge in [0.25, 0.3) is 15.9 Å². The molecule has 2 N–H and O–H groups in total. The van der Waals surface area contributed by atoms with Gasteiger partial charge in [-0.05, 0) is 71.8 Å². The predicted molar refractivity (Wildman–Crippen MR) is 158 cm³/mol. The van der Waals surface area contributed by atoms with Crippen LogP contribution in [0, 0.1) is 11.6 Å². The van der Waals surface area contributed by atoms with Crippen LogP contribution in [0.25, 0.3) is 0 Å². The quantitative estimate of drug-likeness (QED) is 0.204. The summed E-state index contributed by atoms with van der Waals surface area (Å²) in [6.07, 6.45) is 1.52. The van der Waals surface area contributed by atoms with Crippen molar-refractivity contribution in [2.45, 2.75) is 17.5 Å². The van der Waals surface area contributed by atoms with Crippen molar-refractivity contribution < 1.29 is 31.5 Å². The summed E-state index contributed by atoms with van der Waals surface area (Å²) in [6, 6.07) is 23.6. The average molecular weight is 606 g/mol. The normalized spacial score (nSPS) is 11.7. The van der Waals surface area contributed by atoms with Gasteiger partial charge in [0, 0.05) is 18.8 Å². The molecule has 0 aliphatic carbocycles. The van der Waals surface area contributed by atoms with E-state index in [1.165, 1.54) is 71.6 Å². The van der Waals surface area contributed by atoms with Crippen LogP contribution >= 0.6 is 0 Å². The first-order chi connectivity index (χ1) is 20.7. The summed E-state index contributed by atoms with van der Waals surface area (Å²) in [5, 5.41) is 2.74. The van der Waals surface area contributed by atoms with Crippen LogP contribution in [0.2, 0.25) is 0 Å². The SMILES string of the molecule is C=CCNC(=O)C(c1ccccc1)N(Cc1ccc(F)cc1)C(=O)COc1ccc(S(=O)(=O)Nc2ccc(F)cc2)cc1. The second-order valence-electron chi connectivity index (χ2n) is 9.37. The molecule has 0 fully saturated rings. The highest BCUT2D eigenvalue weighted by Gasteiger charge is 2.31. The molecule has 43 heavy (non-hydrogen) atoms. The number of halogens is 2. The number of benzene rings is 4. The van der Waals surface area contributed by atoms with Crippen LogP contribution in [-0.2, 0) is 26.2 Å². The molecule has 11 heteroatoms. The molecule has 0 aliphatic heterocycles. The topological polar surface area (TPSA) is 105 Å². The van der Waals surface area contributed by atoms with Crippen LogP contribution in [0.5, 0.6) is 5.75 Å². The standard InChI is InChI=1S/C32H29F2N3O5S/c1-2-20-35-32(39)31(24-6-4-3-5-7-24)37(21-23-8-10-25(33)11-9-23)30(38)22-42-28-16-18-29(19-17-28)43(40,41)36-27-14-12-26(34)13-15-27/h2-19,31,36H,1,20-22H2,(H,35,39). The van der Waals surface area contributed by atoms with E-state index in [1.807, 2.05) is 0 Å². The zero-order valence-corrected chi connectivity index (χ0v) is 23.8. The molecule has 1 atom stereocenters. The summed E-state index contributed by atoms with van der Waals surface area (Å²) in [7, 11) is -3.97. The Kier molecular flexibility index (Phi) is 10.2. The van der Waals surface area contributed by atoms with Gasteiger partial charge < -0.3 is 15.0 Å². The molecule has 0 radical (unpaired) electrons. The third kappa shape index (κ3) is 8.49. The van der Waals surface area contributed by atoms with Crippen molar-refractivity contribution in [1.82, 2.24) is 10.2 Å². The van der Waals surface area contributed by atoms with Gasteiger partial charge in [-0.2, -0.15) is 0 Å². The number of amides is 2. The summed E-state index contributed by atoms with van der Waals surface area (Å²) < 4.78 is 60.2. The van der Waals surface area contributed by atoms with E-state index in [-0.39, 0.29) is 29.4 Å². The summed E-state index contributed by atoms with van der Waals surface area (Å²) in [5.74, 6) is -1.70. The molecule has 2 amide bonds. The predicted octanol–water partition coefficient (Wildman–Crippen LogP) is 5.22. The van der Waals surface area contributed by atoms with Crippen LogP contribution in [0.15, 0.2) is 121 Å².